The average Bonchev–Trinajstić information content (AvgIpc) is 3.74. The highest BCUT2D eigenvalue weighted by atomic mass is 32.1. The third-order valence-electron chi connectivity index (χ3n) is 6.53. The summed E-state index contributed by atoms with van der Waals surface area (Å²) in [5.41, 5.74) is 6.85. The second-order valence-corrected chi connectivity index (χ2v) is 10.4. The fraction of sp³-hybridized carbons (Fsp3) is 0.267. The first kappa shape index (κ1) is 40.4. The fourth-order valence-corrected chi connectivity index (χ4v) is 4.28. The van der Waals surface area contributed by atoms with Gasteiger partial charge in [0.2, 0.25) is 18.3 Å². The van der Waals surface area contributed by atoms with Crippen molar-refractivity contribution < 1.29 is 39.6 Å². The smallest absolute Gasteiger partial charge is 0.386 e. The van der Waals surface area contributed by atoms with Crippen molar-refractivity contribution >= 4 is 46.9 Å². The largest absolute Gasteiger partial charge is 0.425 e. The van der Waals surface area contributed by atoms with E-state index in [1.165, 1.54) is 4.52 Å². The van der Waals surface area contributed by atoms with Gasteiger partial charge in [0.25, 0.3) is 0 Å². The minimum absolute atomic E-state index is 0.340. The first-order valence-corrected chi connectivity index (χ1v) is 16.1. The van der Waals surface area contributed by atoms with Crippen LogP contribution in [0.3, 0.4) is 0 Å². The van der Waals surface area contributed by atoms with Gasteiger partial charge >= 0.3 is 29.3 Å². The number of oxime groups is 1. The molecular weight excluding hydrogens is 732 g/mol. The summed E-state index contributed by atoms with van der Waals surface area (Å²) in [5, 5.41) is 12.0. The molecular formula is C30H28F3N11O6S2. The Morgan fingerprint density at radius 3 is 1.62 bits per heavy atom. The lowest BCUT2D eigenvalue weighted by atomic mass is 10.1. The molecule has 0 spiro atoms. The summed E-state index contributed by atoms with van der Waals surface area (Å²) in [4.78, 5) is 41.1. The molecule has 0 N–H and O–H groups in total. The van der Waals surface area contributed by atoms with Crippen LogP contribution in [0.1, 0.15) is 52.5 Å². The SMILES string of the molecule is CCc1ccc(/C=N/OCC(F)(F)F)nc1-c1nc2cc(C)ncn2n1.CCc1ccc(C=O)nc1-c1nc2cc(C)ncn2n1.O=S=O.O=S=O. The summed E-state index contributed by atoms with van der Waals surface area (Å²) in [5.74, 6) is 0.915. The second-order valence-electron chi connectivity index (χ2n) is 10.1. The van der Waals surface area contributed by atoms with Gasteiger partial charge in [0.05, 0.1) is 11.9 Å². The van der Waals surface area contributed by atoms with Crippen LogP contribution in [0.15, 0.2) is 54.2 Å². The van der Waals surface area contributed by atoms with Crippen LogP contribution < -0.4 is 0 Å². The molecule has 52 heavy (non-hydrogen) atoms. The summed E-state index contributed by atoms with van der Waals surface area (Å²) >= 11 is -1.50. The highest BCUT2D eigenvalue weighted by Gasteiger charge is 2.28. The number of alkyl halides is 3. The molecule has 0 saturated heterocycles. The fourth-order valence-electron chi connectivity index (χ4n) is 4.28. The highest BCUT2D eigenvalue weighted by Crippen LogP contribution is 2.22. The highest BCUT2D eigenvalue weighted by molar-refractivity contribution is 7.51. The standard InChI is InChI=1S/C16H15F3N6O.C14H13N5O.2O2S/c1-3-11-4-5-12(7-21-26-8-16(17,18)19)22-14(11)15-23-13-6-10(2)20-9-25(13)24-15;1-3-10-4-5-11(7-20)16-13(10)14-17-12-6-9(2)15-8-19(12)18-14;2*1-3-2/h4-7,9H,3,8H2,1-2H3;4-8H,3H2,1-2H3;;/b21-7+;;;. The maximum atomic E-state index is 12.1. The van der Waals surface area contributed by atoms with Crippen molar-refractivity contribution in [2.75, 3.05) is 6.61 Å². The monoisotopic (exact) mass is 759 g/mol. The van der Waals surface area contributed by atoms with Gasteiger partial charge in [-0.1, -0.05) is 31.1 Å². The van der Waals surface area contributed by atoms with Crippen molar-refractivity contribution in [3.05, 3.63) is 83.0 Å². The maximum absolute atomic E-state index is 12.1. The van der Waals surface area contributed by atoms with Crippen molar-refractivity contribution in [1.29, 1.82) is 0 Å². The van der Waals surface area contributed by atoms with E-state index in [0.29, 0.717) is 52.1 Å². The number of fused-ring (bicyclic) bond motifs is 2. The summed E-state index contributed by atoms with van der Waals surface area (Å²) in [6.45, 7) is 6.29. The van der Waals surface area contributed by atoms with Crippen LogP contribution in [-0.4, -0.2) is 91.3 Å². The van der Waals surface area contributed by atoms with Crippen LogP contribution in [-0.2, 0) is 40.8 Å². The molecule has 0 saturated carbocycles. The Hall–Kier alpha value is -6.03. The zero-order chi connectivity index (χ0) is 38.3. The molecule has 0 aliphatic carbocycles. The minimum atomic E-state index is -4.44. The molecule has 0 aliphatic rings. The van der Waals surface area contributed by atoms with Crippen LogP contribution in [0.2, 0.25) is 0 Å². The van der Waals surface area contributed by atoms with Crippen molar-refractivity contribution in [3.8, 4) is 23.0 Å². The lowest BCUT2D eigenvalue weighted by Gasteiger charge is -2.05. The third kappa shape index (κ3) is 11.5. The summed E-state index contributed by atoms with van der Waals surface area (Å²) < 4.78 is 72.5. The van der Waals surface area contributed by atoms with Gasteiger partial charge in [0.1, 0.15) is 29.7 Å². The molecule has 0 atom stereocenters. The number of rotatable bonds is 8. The number of aryl methyl sites for hydroxylation is 4. The molecule has 0 aromatic carbocycles. The van der Waals surface area contributed by atoms with E-state index in [0.717, 1.165) is 41.4 Å². The number of hydrogen-bond donors (Lipinski definition) is 0. The Balaban J connectivity index is 0.000000249. The van der Waals surface area contributed by atoms with E-state index in [1.54, 1.807) is 35.4 Å². The molecule has 6 rings (SSSR count). The molecule has 0 bridgehead atoms. The molecule has 22 heteroatoms. The maximum Gasteiger partial charge on any atom is 0.425 e. The van der Waals surface area contributed by atoms with Crippen LogP contribution in [0, 0.1) is 13.8 Å². The van der Waals surface area contributed by atoms with E-state index < -0.39 is 35.9 Å². The van der Waals surface area contributed by atoms with Gasteiger partial charge in [-0.2, -0.15) is 30.0 Å². The van der Waals surface area contributed by atoms with Gasteiger partial charge in [-0.05, 0) is 49.9 Å². The number of aromatic nitrogens is 10. The lowest BCUT2D eigenvalue weighted by Crippen LogP contribution is -2.14. The average molecular weight is 760 g/mol. The van der Waals surface area contributed by atoms with E-state index >= 15 is 0 Å². The molecule has 17 nitrogen and oxygen atoms in total. The Labute approximate surface area is 299 Å². The topological polar surface area (TPSA) is 219 Å². The molecule has 6 aromatic rings. The first-order valence-electron chi connectivity index (χ1n) is 14.8. The number of nitrogens with zero attached hydrogens (tertiary/aromatic N) is 11. The normalized spacial score (nSPS) is 10.8. The van der Waals surface area contributed by atoms with E-state index in [1.807, 2.05) is 45.9 Å². The number of carbonyl (C=O) groups excluding carboxylic acids is 1. The Kier molecular flexibility index (Phi) is 15.1. The van der Waals surface area contributed by atoms with E-state index in [2.05, 4.69) is 50.1 Å². The zero-order valence-electron chi connectivity index (χ0n) is 27.7. The van der Waals surface area contributed by atoms with Gasteiger partial charge in [-0.3, -0.25) is 4.79 Å². The van der Waals surface area contributed by atoms with Gasteiger partial charge in [-0.15, -0.1) is 10.2 Å². The predicted octanol–water partition coefficient (Wildman–Crippen LogP) is 3.50. The summed E-state index contributed by atoms with van der Waals surface area (Å²) in [7, 11) is 0. The van der Waals surface area contributed by atoms with E-state index in [9.17, 15) is 18.0 Å². The Morgan fingerprint density at radius 2 is 1.19 bits per heavy atom. The quantitative estimate of drug-likeness (QED) is 0.123. The van der Waals surface area contributed by atoms with Crippen molar-refractivity contribution in [2.45, 2.75) is 46.7 Å². The van der Waals surface area contributed by atoms with Crippen LogP contribution in [0.25, 0.3) is 34.3 Å². The lowest BCUT2D eigenvalue weighted by molar-refractivity contribution is -0.173. The van der Waals surface area contributed by atoms with Crippen LogP contribution >= 0.6 is 0 Å². The van der Waals surface area contributed by atoms with Gasteiger partial charge < -0.3 is 4.84 Å². The second kappa shape index (κ2) is 19.4. The van der Waals surface area contributed by atoms with Gasteiger partial charge in [0.15, 0.2) is 17.6 Å². The van der Waals surface area contributed by atoms with Gasteiger partial charge in [-0.25, -0.2) is 38.9 Å². The Morgan fingerprint density at radius 1 is 0.750 bits per heavy atom. The molecule has 0 radical (unpaired) electrons. The third-order valence-corrected chi connectivity index (χ3v) is 6.53. The molecule has 0 fully saturated rings. The van der Waals surface area contributed by atoms with Crippen molar-refractivity contribution in [1.82, 2.24) is 49.1 Å². The first-order chi connectivity index (χ1) is 24.9. The molecule has 6 heterocycles. The summed E-state index contributed by atoms with van der Waals surface area (Å²) in [6, 6.07) is 10.7. The Bertz CT molecular complexity index is 2240. The molecule has 6 aromatic heterocycles. The van der Waals surface area contributed by atoms with Crippen LogP contribution in [0.5, 0.6) is 0 Å². The van der Waals surface area contributed by atoms with Crippen molar-refractivity contribution in [2.24, 2.45) is 5.16 Å². The molecule has 0 unspecified atom stereocenters. The molecule has 0 amide bonds. The predicted molar refractivity (Wildman–Crippen MR) is 179 cm³/mol. The van der Waals surface area contributed by atoms with Crippen molar-refractivity contribution in [3.63, 3.8) is 0 Å². The van der Waals surface area contributed by atoms with E-state index in [-0.39, 0.29) is 0 Å². The number of aldehydes is 1. The number of carbonyl (C=O) groups is 1. The minimum Gasteiger partial charge on any atom is -0.386 e. The zero-order valence-corrected chi connectivity index (χ0v) is 29.3. The molecule has 272 valence electrons. The number of hydrogen-bond acceptors (Lipinski definition) is 15. The summed E-state index contributed by atoms with van der Waals surface area (Å²) in [6.07, 6.45) is 2.08. The molecule has 0 aliphatic heterocycles. The number of pyridine rings is 2. The van der Waals surface area contributed by atoms with E-state index in [4.69, 9.17) is 16.8 Å². The van der Waals surface area contributed by atoms with Crippen LogP contribution in [0.4, 0.5) is 13.2 Å². The number of halogens is 3. The van der Waals surface area contributed by atoms with Gasteiger partial charge in [0, 0.05) is 23.5 Å².